The smallest absolute Gasteiger partial charge is 0.277 e. The van der Waals surface area contributed by atoms with Crippen molar-refractivity contribution < 1.29 is 14.4 Å². The Hall–Kier alpha value is -2.79. The van der Waals surface area contributed by atoms with Crippen LogP contribution in [0.5, 0.6) is 5.75 Å². The maximum atomic E-state index is 12.1. The monoisotopic (exact) mass is 314 g/mol. The van der Waals surface area contributed by atoms with E-state index >= 15 is 0 Å². The molecular weight excluding hydrogens is 304 g/mol. The molecule has 22 heavy (non-hydrogen) atoms. The number of nitrogens with zero attached hydrogens (tertiary/aromatic N) is 1. The topological polar surface area (TPSA) is 75.4 Å². The Kier molecular flexibility index (Phi) is 3.80. The highest BCUT2D eigenvalue weighted by Crippen LogP contribution is 2.24. The summed E-state index contributed by atoms with van der Waals surface area (Å²) in [6, 6.07) is 14.8. The summed E-state index contributed by atoms with van der Waals surface area (Å²) in [6.45, 7) is 0. The second-order valence-electron chi connectivity index (χ2n) is 4.59. The zero-order valence-electron chi connectivity index (χ0n) is 11.3. The number of aromatic hydroxyl groups is 1. The van der Waals surface area contributed by atoms with Crippen LogP contribution in [0.1, 0.15) is 10.5 Å². The fraction of sp³-hybridized carbons (Fsp3) is 0. The van der Waals surface area contributed by atoms with E-state index in [1.165, 1.54) is 18.2 Å². The quantitative estimate of drug-likeness (QED) is 0.767. The van der Waals surface area contributed by atoms with Gasteiger partial charge in [-0.25, -0.2) is 0 Å². The number of anilines is 1. The molecule has 0 unspecified atom stereocenters. The molecule has 110 valence electrons. The molecule has 0 spiro atoms. The zero-order chi connectivity index (χ0) is 15.5. The molecule has 0 aliphatic rings. The summed E-state index contributed by atoms with van der Waals surface area (Å²) in [5.41, 5.74) is 1.34. The normalized spacial score (nSPS) is 10.4. The Labute approximate surface area is 131 Å². The number of hydrogen-bond donors (Lipinski definition) is 2. The fourth-order valence-corrected chi connectivity index (χ4v) is 2.13. The van der Waals surface area contributed by atoms with Crippen LogP contribution >= 0.6 is 11.6 Å². The van der Waals surface area contributed by atoms with Crippen molar-refractivity contribution in [1.82, 2.24) is 5.16 Å². The van der Waals surface area contributed by atoms with Crippen LogP contribution in [-0.4, -0.2) is 16.2 Å². The first-order valence-electron chi connectivity index (χ1n) is 6.45. The molecule has 2 aromatic carbocycles. The highest BCUT2D eigenvalue weighted by Gasteiger charge is 2.14. The number of carbonyl (C=O) groups excluding carboxylic acids is 1. The Bertz CT molecular complexity index is 830. The molecule has 0 radical (unpaired) electrons. The van der Waals surface area contributed by atoms with Crippen molar-refractivity contribution >= 4 is 23.2 Å². The summed E-state index contributed by atoms with van der Waals surface area (Å²) >= 11 is 5.92. The van der Waals surface area contributed by atoms with Crippen molar-refractivity contribution in [3.05, 3.63) is 65.3 Å². The van der Waals surface area contributed by atoms with E-state index in [0.29, 0.717) is 16.5 Å². The van der Waals surface area contributed by atoms with Crippen LogP contribution in [0.25, 0.3) is 11.3 Å². The van der Waals surface area contributed by atoms with Crippen LogP contribution in [0.2, 0.25) is 5.02 Å². The average molecular weight is 315 g/mol. The lowest BCUT2D eigenvalue weighted by atomic mass is 10.1. The highest BCUT2D eigenvalue weighted by molar-refractivity contribution is 6.30. The lowest BCUT2D eigenvalue weighted by Crippen LogP contribution is -2.11. The third kappa shape index (κ3) is 3.10. The van der Waals surface area contributed by atoms with Crippen molar-refractivity contribution in [2.75, 3.05) is 5.32 Å². The van der Waals surface area contributed by atoms with Gasteiger partial charge in [-0.1, -0.05) is 35.0 Å². The van der Waals surface area contributed by atoms with Gasteiger partial charge in [0.15, 0.2) is 11.5 Å². The molecule has 0 saturated carbocycles. The molecule has 5 nitrogen and oxygen atoms in total. The number of rotatable bonds is 3. The van der Waals surface area contributed by atoms with Crippen LogP contribution in [0.4, 0.5) is 5.69 Å². The molecule has 0 bridgehead atoms. The fourth-order valence-electron chi connectivity index (χ4n) is 1.94. The minimum absolute atomic E-state index is 0.0672. The number of aromatic nitrogens is 1. The molecule has 3 rings (SSSR count). The van der Waals surface area contributed by atoms with Gasteiger partial charge in [-0.3, -0.25) is 4.79 Å². The minimum atomic E-state index is -0.428. The van der Waals surface area contributed by atoms with Crippen molar-refractivity contribution in [3.8, 4) is 17.1 Å². The van der Waals surface area contributed by atoms with E-state index in [1.54, 1.807) is 30.3 Å². The van der Waals surface area contributed by atoms with Gasteiger partial charge in [-0.05, 0) is 24.3 Å². The van der Waals surface area contributed by atoms with Gasteiger partial charge in [0, 0.05) is 28.4 Å². The van der Waals surface area contributed by atoms with Crippen LogP contribution in [0, 0.1) is 0 Å². The predicted molar refractivity (Wildman–Crippen MR) is 83.0 cm³/mol. The molecule has 1 aromatic heterocycles. The predicted octanol–water partition coefficient (Wildman–Crippen LogP) is 3.95. The molecule has 0 aliphatic heterocycles. The number of amides is 1. The maximum absolute atomic E-state index is 12.1. The molecule has 2 N–H and O–H groups in total. The molecule has 1 heterocycles. The van der Waals surface area contributed by atoms with Crippen LogP contribution < -0.4 is 5.32 Å². The summed E-state index contributed by atoms with van der Waals surface area (Å²) in [5.74, 6) is 0.0868. The van der Waals surface area contributed by atoms with E-state index in [2.05, 4.69) is 10.5 Å². The Balaban J connectivity index is 1.80. The zero-order valence-corrected chi connectivity index (χ0v) is 12.0. The van der Waals surface area contributed by atoms with Gasteiger partial charge in [-0.15, -0.1) is 0 Å². The van der Waals surface area contributed by atoms with Gasteiger partial charge < -0.3 is 14.9 Å². The van der Waals surface area contributed by atoms with Gasteiger partial charge in [0.1, 0.15) is 5.75 Å². The van der Waals surface area contributed by atoms with Crippen LogP contribution in [0.3, 0.4) is 0 Å². The summed E-state index contributed by atoms with van der Waals surface area (Å²) in [7, 11) is 0. The third-order valence-corrected chi connectivity index (χ3v) is 3.19. The van der Waals surface area contributed by atoms with E-state index in [0.717, 1.165) is 5.56 Å². The molecule has 1 amide bonds. The summed E-state index contributed by atoms with van der Waals surface area (Å²) in [5, 5.41) is 16.3. The standard InChI is InChI=1S/C16H11ClN2O3/c17-11-4-1-3-10(7-11)15-9-14(19-22-15)16(21)18-12-5-2-6-13(20)8-12/h1-9,20H,(H,18,21). The number of nitrogens with one attached hydrogen (secondary N) is 1. The van der Waals surface area contributed by atoms with E-state index in [4.69, 9.17) is 16.1 Å². The third-order valence-electron chi connectivity index (χ3n) is 2.96. The molecule has 0 atom stereocenters. The number of phenolic OH excluding ortho intramolecular Hbond substituents is 1. The van der Waals surface area contributed by atoms with Gasteiger partial charge >= 0.3 is 0 Å². The van der Waals surface area contributed by atoms with Crippen molar-refractivity contribution in [1.29, 1.82) is 0 Å². The summed E-state index contributed by atoms with van der Waals surface area (Å²) < 4.78 is 5.17. The van der Waals surface area contributed by atoms with Crippen LogP contribution in [0.15, 0.2) is 59.1 Å². The van der Waals surface area contributed by atoms with Crippen molar-refractivity contribution in [3.63, 3.8) is 0 Å². The molecule has 6 heteroatoms. The SMILES string of the molecule is O=C(Nc1cccc(O)c1)c1cc(-c2cccc(Cl)c2)on1. The molecule has 3 aromatic rings. The minimum Gasteiger partial charge on any atom is -0.508 e. The summed E-state index contributed by atoms with van der Waals surface area (Å²) in [6.07, 6.45) is 0. The molecule has 0 saturated heterocycles. The molecule has 0 aliphatic carbocycles. The molecular formula is C16H11ClN2O3. The first-order valence-corrected chi connectivity index (χ1v) is 6.83. The van der Waals surface area contributed by atoms with E-state index in [1.807, 2.05) is 6.07 Å². The number of benzene rings is 2. The number of carbonyl (C=O) groups is 1. The van der Waals surface area contributed by atoms with Gasteiger partial charge in [-0.2, -0.15) is 0 Å². The number of phenols is 1. The van der Waals surface area contributed by atoms with E-state index in [-0.39, 0.29) is 11.4 Å². The van der Waals surface area contributed by atoms with Gasteiger partial charge in [0.2, 0.25) is 0 Å². The van der Waals surface area contributed by atoms with Crippen LogP contribution in [-0.2, 0) is 0 Å². The Morgan fingerprint density at radius 3 is 2.73 bits per heavy atom. The average Bonchev–Trinajstić information content (AvgIpc) is 2.97. The second-order valence-corrected chi connectivity index (χ2v) is 5.03. The second kappa shape index (κ2) is 5.91. The lowest BCUT2D eigenvalue weighted by Gasteiger charge is -2.02. The largest absolute Gasteiger partial charge is 0.508 e. The number of halogens is 1. The van der Waals surface area contributed by atoms with Crippen molar-refractivity contribution in [2.45, 2.75) is 0 Å². The Morgan fingerprint density at radius 1 is 1.14 bits per heavy atom. The van der Waals surface area contributed by atoms with Crippen molar-refractivity contribution in [2.24, 2.45) is 0 Å². The van der Waals surface area contributed by atoms with E-state index in [9.17, 15) is 9.90 Å². The number of hydrogen-bond acceptors (Lipinski definition) is 4. The Morgan fingerprint density at radius 2 is 1.95 bits per heavy atom. The summed E-state index contributed by atoms with van der Waals surface area (Å²) in [4.78, 5) is 12.1. The highest BCUT2D eigenvalue weighted by atomic mass is 35.5. The lowest BCUT2D eigenvalue weighted by molar-refractivity contribution is 0.101. The first-order chi connectivity index (χ1) is 10.6. The van der Waals surface area contributed by atoms with Gasteiger partial charge in [0.25, 0.3) is 5.91 Å². The van der Waals surface area contributed by atoms with Gasteiger partial charge in [0.05, 0.1) is 0 Å². The molecule has 0 fully saturated rings. The van der Waals surface area contributed by atoms with E-state index < -0.39 is 5.91 Å². The maximum Gasteiger partial charge on any atom is 0.277 e. The first kappa shape index (κ1) is 14.2.